The zero-order valence-electron chi connectivity index (χ0n) is 12.3. The zero-order valence-corrected chi connectivity index (χ0v) is 12.3. The molecule has 6 heteroatoms. The molecule has 0 unspecified atom stereocenters. The summed E-state index contributed by atoms with van der Waals surface area (Å²) < 4.78 is 0. The number of nitrogens with zero attached hydrogens (tertiary/aromatic N) is 2. The summed E-state index contributed by atoms with van der Waals surface area (Å²) in [5, 5.41) is 8.74. The van der Waals surface area contributed by atoms with Gasteiger partial charge in [-0.1, -0.05) is 0 Å². The van der Waals surface area contributed by atoms with Crippen molar-refractivity contribution in [2.75, 3.05) is 32.7 Å². The van der Waals surface area contributed by atoms with Crippen molar-refractivity contribution in [3.05, 3.63) is 0 Å². The lowest BCUT2D eigenvalue weighted by atomic mass is 9.74. The molecule has 0 atom stereocenters. The average Bonchev–Trinajstić information content (AvgIpc) is 2.26. The van der Waals surface area contributed by atoms with E-state index in [2.05, 4.69) is 0 Å². The van der Waals surface area contributed by atoms with Crippen LogP contribution in [-0.4, -0.2) is 65.0 Å². The molecule has 1 saturated heterocycles. The van der Waals surface area contributed by atoms with Crippen LogP contribution >= 0.6 is 0 Å². The summed E-state index contributed by atoms with van der Waals surface area (Å²) in [6.45, 7) is 9.78. The van der Waals surface area contributed by atoms with Crippen molar-refractivity contribution in [3.8, 4) is 0 Å². The van der Waals surface area contributed by atoms with Gasteiger partial charge in [0.05, 0.1) is 12.0 Å². The Labute approximate surface area is 114 Å². The van der Waals surface area contributed by atoms with E-state index in [9.17, 15) is 9.59 Å². The zero-order chi connectivity index (χ0) is 14.8. The molecule has 0 spiro atoms. The molecule has 0 aromatic heterocycles. The highest BCUT2D eigenvalue weighted by Crippen LogP contribution is 2.30. The maximum Gasteiger partial charge on any atom is 0.317 e. The van der Waals surface area contributed by atoms with Crippen LogP contribution in [0.4, 0.5) is 0 Å². The number of nitrogens with two attached hydrogens (primary N) is 1. The van der Waals surface area contributed by atoms with E-state index < -0.39 is 16.9 Å². The van der Waals surface area contributed by atoms with Gasteiger partial charge in [-0.3, -0.25) is 14.5 Å². The molecule has 0 saturated carbocycles. The maximum absolute atomic E-state index is 12.5. The first-order valence-corrected chi connectivity index (χ1v) is 6.58. The fraction of sp³-hybridized carbons (Fsp3) is 0.846. The van der Waals surface area contributed by atoms with Crippen LogP contribution in [0.1, 0.15) is 27.7 Å². The summed E-state index contributed by atoms with van der Waals surface area (Å²) in [6.07, 6.45) is 0. The van der Waals surface area contributed by atoms with Gasteiger partial charge in [-0.2, -0.15) is 0 Å². The van der Waals surface area contributed by atoms with E-state index in [0.717, 1.165) is 0 Å². The molecule has 6 nitrogen and oxygen atoms in total. The molecule has 1 aliphatic rings. The Balaban J connectivity index is 2.61. The Morgan fingerprint density at radius 2 is 1.58 bits per heavy atom. The van der Waals surface area contributed by atoms with Gasteiger partial charge in [0.25, 0.3) is 0 Å². The average molecular weight is 271 g/mol. The highest BCUT2D eigenvalue weighted by Gasteiger charge is 2.43. The van der Waals surface area contributed by atoms with Gasteiger partial charge in [0.1, 0.15) is 0 Å². The van der Waals surface area contributed by atoms with Gasteiger partial charge in [-0.25, -0.2) is 0 Å². The van der Waals surface area contributed by atoms with E-state index >= 15 is 0 Å². The van der Waals surface area contributed by atoms with E-state index in [0.29, 0.717) is 26.2 Å². The van der Waals surface area contributed by atoms with Crippen LogP contribution in [0.3, 0.4) is 0 Å². The molecule has 1 fully saturated rings. The monoisotopic (exact) mass is 271 g/mol. The first-order valence-electron chi connectivity index (χ1n) is 6.58. The van der Waals surface area contributed by atoms with E-state index in [1.165, 1.54) is 0 Å². The number of carboxylic acids is 1. The summed E-state index contributed by atoms with van der Waals surface area (Å²) in [6, 6.07) is 0. The quantitative estimate of drug-likeness (QED) is 0.750. The fourth-order valence-electron chi connectivity index (χ4n) is 1.97. The second kappa shape index (κ2) is 5.46. The molecule has 0 aromatic rings. The molecule has 0 radical (unpaired) electrons. The predicted molar refractivity (Wildman–Crippen MR) is 72.7 cm³/mol. The van der Waals surface area contributed by atoms with Gasteiger partial charge >= 0.3 is 5.97 Å². The van der Waals surface area contributed by atoms with Crippen molar-refractivity contribution in [2.45, 2.75) is 33.2 Å². The number of rotatable bonds is 4. The third-order valence-corrected chi connectivity index (χ3v) is 4.16. The second-order valence-electron chi connectivity index (χ2n) is 6.31. The topological polar surface area (TPSA) is 86.9 Å². The first-order chi connectivity index (χ1) is 8.55. The molecule has 3 N–H and O–H groups in total. The summed E-state index contributed by atoms with van der Waals surface area (Å²) in [4.78, 5) is 26.8. The van der Waals surface area contributed by atoms with Gasteiger partial charge < -0.3 is 15.7 Å². The number of carbonyl (C=O) groups is 2. The molecule has 0 bridgehead atoms. The summed E-state index contributed by atoms with van der Waals surface area (Å²) in [5.41, 5.74) is 4.85. The molecule has 1 amide bonds. The van der Waals surface area contributed by atoms with Crippen molar-refractivity contribution in [3.63, 3.8) is 0 Å². The van der Waals surface area contributed by atoms with Gasteiger partial charge in [0.2, 0.25) is 5.91 Å². The summed E-state index contributed by atoms with van der Waals surface area (Å²) in [7, 11) is 0. The summed E-state index contributed by atoms with van der Waals surface area (Å²) >= 11 is 0. The SMILES string of the molecule is CC(C)(N)C(C)(C)C(=O)N1CCN(CC(=O)O)CC1. The van der Waals surface area contributed by atoms with Crippen LogP contribution < -0.4 is 5.73 Å². The van der Waals surface area contributed by atoms with Crippen molar-refractivity contribution >= 4 is 11.9 Å². The van der Waals surface area contributed by atoms with Gasteiger partial charge in [-0.15, -0.1) is 0 Å². The van der Waals surface area contributed by atoms with Crippen LogP contribution in [0.15, 0.2) is 0 Å². The van der Waals surface area contributed by atoms with E-state index in [1.54, 1.807) is 4.90 Å². The van der Waals surface area contributed by atoms with Crippen LogP contribution in [0.5, 0.6) is 0 Å². The van der Waals surface area contributed by atoms with E-state index in [-0.39, 0.29) is 12.5 Å². The molecule has 19 heavy (non-hydrogen) atoms. The Morgan fingerprint density at radius 1 is 1.11 bits per heavy atom. The highest BCUT2D eigenvalue weighted by molar-refractivity contribution is 5.83. The largest absolute Gasteiger partial charge is 0.480 e. The Kier molecular flexibility index (Phi) is 4.58. The number of carboxylic acid groups (broad SMARTS) is 1. The number of piperazine rings is 1. The minimum absolute atomic E-state index is 0.0355. The third-order valence-electron chi connectivity index (χ3n) is 4.16. The normalized spacial score (nSPS) is 18.5. The molecular formula is C13H25N3O3. The first kappa shape index (κ1) is 15.9. The minimum atomic E-state index is -0.830. The van der Waals surface area contributed by atoms with Crippen LogP contribution in [0.25, 0.3) is 0 Å². The fourth-order valence-corrected chi connectivity index (χ4v) is 1.97. The molecule has 1 heterocycles. The third kappa shape index (κ3) is 3.67. The van der Waals surface area contributed by atoms with Gasteiger partial charge in [-0.05, 0) is 27.7 Å². The molecule has 1 rings (SSSR count). The highest BCUT2D eigenvalue weighted by atomic mass is 16.4. The molecular weight excluding hydrogens is 246 g/mol. The van der Waals surface area contributed by atoms with Crippen LogP contribution in [0.2, 0.25) is 0 Å². The minimum Gasteiger partial charge on any atom is -0.480 e. The van der Waals surface area contributed by atoms with Crippen molar-refractivity contribution in [1.82, 2.24) is 9.80 Å². The Bertz CT molecular complexity index is 353. The summed E-state index contributed by atoms with van der Waals surface area (Å²) in [5.74, 6) is -0.793. The second-order valence-corrected chi connectivity index (χ2v) is 6.31. The smallest absolute Gasteiger partial charge is 0.317 e. The number of amides is 1. The molecule has 0 aromatic carbocycles. The Morgan fingerprint density at radius 3 is 1.95 bits per heavy atom. The van der Waals surface area contributed by atoms with Gasteiger partial charge in [0.15, 0.2) is 0 Å². The molecule has 110 valence electrons. The van der Waals surface area contributed by atoms with E-state index in [4.69, 9.17) is 10.8 Å². The predicted octanol–water partition coefficient (Wildman–Crippen LogP) is -0.0213. The lowest BCUT2D eigenvalue weighted by Gasteiger charge is -2.43. The van der Waals surface area contributed by atoms with Crippen LogP contribution in [-0.2, 0) is 9.59 Å². The Hall–Kier alpha value is -1.14. The van der Waals surface area contributed by atoms with Crippen molar-refractivity contribution < 1.29 is 14.7 Å². The van der Waals surface area contributed by atoms with E-state index in [1.807, 2.05) is 32.6 Å². The maximum atomic E-state index is 12.5. The standard InChI is InChI=1S/C13H25N3O3/c1-12(2,13(3,4)14)11(19)16-7-5-15(6-8-16)9-10(17)18/h5-9,14H2,1-4H3,(H,17,18). The lowest BCUT2D eigenvalue weighted by Crippen LogP contribution is -2.59. The lowest BCUT2D eigenvalue weighted by molar-refractivity contribution is -0.146. The number of carbonyl (C=O) groups excluding carboxylic acids is 1. The number of aliphatic carboxylic acids is 1. The van der Waals surface area contributed by atoms with Crippen molar-refractivity contribution in [1.29, 1.82) is 0 Å². The number of hydrogen-bond donors (Lipinski definition) is 2. The molecule has 0 aliphatic carbocycles. The molecule has 1 aliphatic heterocycles. The van der Waals surface area contributed by atoms with Crippen LogP contribution in [0, 0.1) is 5.41 Å². The van der Waals surface area contributed by atoms with Crippen molar-refractivity contribution in [2.24, 2.45) is 11.1 Å². The number of hydrogen-bond acceptors (Lipinski definition) is 4. The van der Waals surface area contributed by atoms with Gasteiger partial charge in [0, 0.05) is 31.7 Å².